The Labute approximate surface area is 160 Å². The fourth-order valence-electron chi connectivity index (χ4n) is 3.55. The van der Waals surface area contributed by atoms with Gasteiger partial charge in [0, 0.05) is 25.3 Å². The molecule has 8 nitrogen and oxygen atoms in total. The molecular formula is C20H20N4O4. The van der Waals surface area contributed by atoms with E-state index in [9.17, 15) is 14.4 Å². The Morgan fingerprint density at radius 1 is 1.14 bits per heavy atom. The molecule has 1 N–H and O–H groups in total. The van der Waals surface area contributed by atoms with Gasteiger partial charge in [0.1, 0.15) is 5.75 Å². The molecule has 0 unspecified atom stereocenters. The molecular weight excluding hydrogens is 360 g/mol. The maximum absolute atomic E-state index is 12.8. The quantitative estimate of drug-likeness (QED) is 0.736. The molecule has 1 fully saturated rings. The number of nitrogens with zero attached hydrogens (tertiary/aromatic N) is 3. The van der Waals surface area contributed by atoms with E-state index < -0.39 is 5.69 Å². The van der Waals surface area contributed by atoms with Crippen molar-refractivity contribution in [2.24, 2.45) is 0 Å². The number of likely N-dealkylation sites (tertiary alicyclic amines) is 1. The maximum Gasteiger partial charge on any atom is 0.329 e. The fraction of sp³-hybridized carbons (Fsp3) is 0.300. The molecule has 144 valence electrons. The zero-order valence-corrected chi connectivity index (χ0v) is 15.2. The smallest absolute Gasteiger partial charge is 0.329 e. The molecule has 28 heavy (non-hydrogen) atoms. The van der Waals surface area contributed by atoms with Crippen LogP contribution in [0.2, 0.25) is 0 Å². The Hall–Kier alpha value is -3.42. The maximum atomic E-state index is 12.8. The molecule has 8 heteroatoms. The van der Waals surface area contributed by atoms with Crippen LogP contribution in [0.1, 0.15) is 18.9 Å². The SMILES string of the molecule is O=C(COc1cccnc1)N1CCC(n2c(=O)[nH]c3ccccc3c2=O)CC1. The second-order valence-electron chi connectivity index (χ2n) is 6.74. The number of hydrogen-bond donors (Lipinski definition) is 1. The third-order valence-electron chi connectivity index (χ3n) is 5.02. The number of ether oxygens (including phenoxy) is 1. The van der Waals surface area contributed by atoms with Crippen LogP contribution in [0.3, 0.4) is 0 Å². The number of hydrogen-bond acceptors (Lipinski definition) is 5. The molecule has 3 heterocycles. The number of fused-ring (bicyclic) bond motifs is 1. The van der Waals surface area contributed by atoms with Crippen molar-refractivity contribution in [2.75, 3.05) is 19.7 Å². The molecule has 0 spiro atoms. The highest BCUT2D eigenvalue weighted by Gasteiger charge is 2.26. The molecule has 0 radical (unpaired) electrons. The van der Waals surface area contributed by atoms with Crippen molar-refractivity contribution in [2.45, 2.75) is 18.9 Å². The van der Waals surface area contributed by atoms with Crippen molar-refractivity contribution in [3.05, 3.63) is 69.6 Å². The Morgan fingerprint density at radius 2 is 1.93 bits per heavy atom. The van der Waals surface area contributed by atoms with Crippen LogP contribution < -0.4 is 16.0 Å². The van der Waals surface area contributed by atoms with Crippen molar-refractivity contribution < 1.29 is 9.53 Å². The minimum Gasteiger partial charge on any atom is -0.482 e. The molecule has 1 saturated heterocycles. The van der Waals surface area contributed by atoms with Crippen LogP contribution >= 0.6 is 0 Å². The van der Waals surface area contributed by atoms with Crippen LogP contribution in [-0.2, 0) is 4.79 Å². The second kappa shape index (κ2) is 7.67. The molecule has 0 saturated carbocycles. The summed E-state index contributed by atoms with van der Waals surface area (Å²) in [5, 5.41) is 0.491. The van der Waals surface area contributed by atoms with Gasteiger partial charge in [-0.05, 0) is 37.1 Å². The number of aromatic nitrogens is 3. The van der Waals surface area contributed by atoms with E-state index in [1.165, 1.54) is 4.57 Å². The number of carbonyl (C=O) groups excluding carboxylic acids is 1. The molecule has 0 atom stereocenters. The average Bonchev–Trinajstić information content (AvgIpc) is 2.73. The lowest BCUT2D eigenvalue weighted by atomic mass is 10.0. The predicted octanol–water partition coefficient (Wildman–Crippen LogP) is 1.33. The van der Waals surface area contributed by atoms with Gasteiger partial charge in [-0.15, -0.1) is 0 Å². The zero-order chi connectivity index (χ0) is 19.5. The number of carbonyl (C=O) groups is 1. The van der Waals surface area contributed by atoms with E-state index in [0.717, 1.165) is 0 Å². The van der Waals surface area contributed by atoms with Gasteiger partial charge in [-0.2, -0.15) is 0 Å². The summed E-state index contributed by atoms with van der Waals surface area (Å²) in [4.78, 5) is 46.0. The lowest BCUT2D eigenvalue weighted by molar-refractivity contribution is -0.134. The molecule has 1 aliphatic heterocycles. The minimum absolute atomic E-state index is 0.0626. The number of amides is 1. The van der Waals surface area contributed by atoms with Crippen molar-refractivity contribution >= 4 is 16.8 Å². The summed E-state index contributed by atoms with van der Waals surface area (Å²) in [6.07, 6.45) is 4.27. The Morgan fingerprint density at radius 3 is 2.68 bits per heavy atom. The number of rotatable bonds is 4. The monoisotopic (exact) mass is 380 g/mol. The van der Waals surface area contributed by atoms with Crippen molar-refractivity contribution in [3.8, 4) is 5.75 Å². The first-order valence-electron chi connectivity index (χ1n) is 9.17. The summed E-state index contributed by atoms with van der Waals surface area (Å²) in [6.45, 7) is 0.879. The standard InChI is InChI=1S/C20H20N4O4/c25-18(13-28-15-4-3-9-21-12-15)23-10-7-14(8-11-23)24-19(26)16-5-1-2-6-17(16)22-20(24)27/h1-6,9,12,14H,7-8,10-11,13H2,(H,22,27). The van der Waals surface area contributed by atoms with Crippen molar-refractivity contribution in [1.82, 2.24) is 19.4 Å². The van der Waals surface area contributed by atoms with E-state index >= 15 is 0 Å². The summed E-state index contributed by atoms with van der Waals surface area (Å²) in [5.41, 5.74) is -0.161. The zero-order valence-electron chi connectivity index (χ0n) is 15.2. The van der Waals surface area contributed by atoms with Crippen LogP contribution in [0.15, 0.2) is 58.4 Å². The van der Waals surface area contributed by atoms with Gasteiger partial charge in [-0.1, -0.05) is 12.1 Å². The van der Waals surface area contributed by atoms with E-state index in [4.69, 9.17) is 4.74 Å². The van der Waals surface area contributed by atoms with Gasteiger partial charge in [-0.3, -0.25) is 19.1 Å². The van der Waals surface area contributed by atoms with E-state index in [1.54, 1.807) is 53.7 Å². The highest BCUT2D eigenvalue weighted by Crippen LogP contribution is 2.20. The molecule has 0 bridgehead atoms. The van der Waals surface area contributed by atoms with E-state index in [1.807, 2.05) is 0 Å². The first-order valence-corrected chi connectivity index (χ1v) is 9.17. The topological polar surface area (TPSA) is 97.3 Å². The number of aromatic amines is 1. The summed E-state index contributed by atoms with van der Waals surface area (Å²) < 4.78 is 6.74. The highest BCUT2D eigenvalue weighted by molar-refractivity contribution is 5.78. The third kappa shape index (κ3) is 3.53. The number of nitrogens with one attached hydrogen (secondary N) is 1. The van der Waals surface area contributed by atoms with Crippen LogP contribution in [0.25, 0.3) is 10.9 Å². The number of benzene rings is 1. The Kier molecular flexibility index (Phi) is 4.92. The highest BCUT2D eigenvalue weighted by atomic mass is 16.5. The largest absolute Gasteiger partial charge is 0.482 e. The van der Waals surface area contributed by atoms with Gasteiger partial charge in [0.15, 0.2) is 6.61 Å². The van der Waals surface area contributed by atoms with Gasteiger partial charge < -0.3 is 14.6 Å². The van der Waals surface area contributed by atoms with Crippen LogP contribution in [0, 0.1) is 0 Å². The van der Waals surface area contributed by atoms with Gasteiger partial charge in [0.2, 0.25) is 0 Å². The van der Waals surface area contributed by atoms with Gasteiger partial charge in [-0.25, -0.2) is 4.79 Å². The normalized spacial score (nSPS) is 14.9. The molecule has 1 aromatic carbocycles. The summed E-state index contributed by atoms with van der Waals surface area (Å²) in [7, 11) is 0. The third-order valence-corrected chi connectivity index (χ3v) is 5.02. The van der Waals surface area contributed by atoms with Crippen molar-refractivity contribution in [1.29, 1.82) is 0 Å². The first kappa shape index (κ1) is 18.0. The van der Waals surface area contributed by atoms with Crippen LogP contribution in [-0.4, -0.2) is 45.0 Å². The Bertz CT molecular complexity index is 1100. The fourth-order valence-corrected chi connectivity index (χ4v) is 3.55. The summed E-state index contributed by atoms with van der Waals surface area (Å²) in [6, 6.07) is 10.2. The average molecular weight is 380 g/mol. The van der Waals surface area contributed by atoms with Gasteiger partial charge in [0.05, 0.1) is 17.1 Å². The van der Waals surface area contributed by atoms with Crippen LogP contribution in [0.5, 0.6) is 5.75 Å². The van der Waals surface area contributed by atoms with Crippen molar-refractivity contribution in [3.63, 3.8) is 0 Å². The van der Waals surface area contributed by atoms with E-state index in [-0.39, 0.29) is 24.1 Å². The molecule has 3 aromatic rings. The number of H-pyrrole nitrogens is 1. The van der Waals surface area contributed by atoms with Gasteiger partial charge in [0.25, 0.3) is 11.5 Å². The lowest BCUT2D eigenvalue weighted by Gasteiger charge is -2.32. The number of pyridine rings is 1. The Balaban J connectivity index is 1.43. The summed E-state index contributed by atoms with van der Waals surface area (Å²) in [5.74, 6) is 0.419. The predicted molar refractivity (Wildman–Crippen MR) is 103 cm³/mol. The summed E-state index contributed by atoms with van der Waals surface area (Å²) >= 11 is 0. The molecule has 4 rings (SSSR count). The van der Waals surface area contributed by atoms with Gasteiger partial charge >= 0.3 is 5.69 Å². The lowest BCUT2D eigenvalue weighted by Crippen LogP contribution is -2.46. The van der Waals surface area contributed by atoms with E-state index in [0.29, 0.717) is 42.6 Å². The second-order valence-corrected chi connectivity index (χ2v) is 6.74. The first-order chi connectivity index (χ1) is 13.6. The minimum atomic E-state index is -0.409. The molecule has 1 amide bonds. The number of piperidine rings is 1. The molecule has 2 aromatic heterocycles. The van der Waals surface area contributed by atoms with E-state index in [2.05, 4.69) is 9.97 Å². The molecule has 0 aliphatic carbocycles. The van der Waals surface area contributed by atoms with Crippen LogP contribution in [0.4, 0.5) is 0 Å². The number of para-hydroxylation sites is 1. The molecule has 1 aliphatic rings.